The van der Waals surface area contributed by atoms with E-state index in [0.717, 1.165) is 24.0 Å². The second-order valence-corrected chi connectivity index (χ2v) is 7.34. The Kier molecular flexibility index (Phi) is 5.86. The highest BCUT2D eigenvalue weighted by Gasteiger charge is 2.29. The van der Waals surface area contributed by atoms with Crippen LogP contribution in [0.3, 0.4) is 0 Å². The molecule has 0 bridgehead atoms. The second kappa shape index (κ2) is 8.88. The van der Waals surface area contributed by atoms with Crippen molar-refractivity contribution in [2.24, 2.45) is 0 Å². The van der Waals surface area contributed by atoms with Crippen LogP contribution in [0, 0.1) is 0 Å². The smallest absolute Gasteiger partial charge is 0.257 e. The first-order valence-corrected chi connectivity index (χ1v) is 9.84. The van der Waals surface area contributed by atoms with Gasteiger partial charge in [-0.05, 0) is 53.8 Å². The SMILES string of the molecule is O=C(c1cc(Cc2ccccc2)ccc1O)N1CCC(OCc2ccncc2)C1. The highest BCUT2D eigenvalue weighted by Crippen LogP contribution is 2.25. The molecule has 1 atom stereocenters. The summed E-state index contributed by atoms with van der Waals surface area (Å²) in [6, 6.07) is 19.2. The van der Waals surface area contributed by atoms with Gasteiger partial charge in [-0.3, -0.25) is 9.78 Å². The Hall–Kier alpha value is -3.18. The van der Waals surface area contributed by atoms with Crippen LogP contribution in [0.15, 0.2) is 73.1 Å². The molecule has 5 nitrogen and oxygen atoms in total. The Bertz CT molecular complexity index is 960. The number of likely N-dealkylation sites (tertiary alicyclic amines) is 1. The van der Waals surface area contributed by atoms with Gasteiger partial charge in [0.2, 0.25) is 0 Å². The number of phenols is 1. The lowest BCUT2D eigenvalue weighted by Crippen LogP contribution is -2.30. The van der Waals surface area contributed by atoms with Gasteiger partial charge in [-0.1, -0.05) is 36.4 Å². The van der Waals surface area contributed by atoms with Crippen molar-refractivity contribution < 1.29 is 14.6 Å². The minimum atomic E-state index is -0.146. The van der Waals surface area contributed by atoms with Crippen molar-refractivity contribution in [2.75, 3.05) is 13.1 Å². The molecular weight excluding hydrogens is 364 g/mol. The maximum atomic E-state index is 13.0. The number of pyridine rings is 1. The lowest BCUT2D eigenvalue weighted by molar-refractivity contribution is 0.0436. The molecule has 1 fully saturated rings. The number of amides is 1. The molecule has 148 valence electrons. The van der Waals surface area contributed by atoms with Gasteiger partial charge in [0.1, 0.15) is 5.75 Å². The predicted octanol–water partition coefficient (Wildman–Crippen LogP) is 3.81. The Morgan fingerprint density at radius 2 is 1.83 bits per heavy atom. The van der Waals surface area contributed by atoms with Crippen molar-refractivity contribution in [1.29, 1.82) is 0 Å². The quantitative estimate of drug-likeness (QED) is 0.698. The van der Waals surface area contributed by atoms with Crippen LogP contribution in [-0.4, -0.2) is 40.1 Å². The van der Waals surface area contributed by atoms with E-state index in [0.29, 0.717) is 25.3 Å². The average molecular weight is 388 g/mol. The van der Waals surface area contributed by atoms with E-state index in [1.54, 1.807) is 29.4 Å². The van der Waals surface area contributed by atoms with E-state index in [1.807, 2.05) is 36.4 Å². The molecule has 2 heterocycles. The number of aromatic nitrogens is 1. The minimum Gasteiger partial charge on any atom is -0.507 e. The van der Waals surface area contributed by atoms with Crippen LogP contribution in [0.2, 0.25) is 0 Å². The molecule has 4 rings (SSSR count). The Balaban J connectivity index is 1.39. The number of benzene rings is 2. The van der Waals surface area contributed by atoms with Crippen LogP contribution >= 0.6 is 0 Å². The van der Waals surface area contributed by atoms with Crippen LogP contribution in [0.5, 0.6) is 5.75 Å². The number of phenolic OH excluding ortho intramolecular Hbond substituents is 1. The van der Waals surface area contributed by atoms with Crippen molar-refractivity contribution in [3.8, 4) is 5.75 Å². The fourth-order valence-corrected chi connectivity index (χ4v) is 3.61. The summed E-state index contributed by atoms with van der Waals surface area (Å²) in [6.45, 7) is 1.67. The zero-order chi connectivity index (χ0) is 20.1. The average Bonchev–Trinajstić information content (AvgIpc) is 3.24. The summed E-state index contributed by atoms with van der Waals surface area (Å²) in [7, 11) is 0. The van der Waals surface area contributed by atoms with Gasteiger partial charge in [0.25, 0.3) is 5.91 Å². The van der Waals surface area contributed by atoms with E-state index in [9.17, 15) is 9.90 Å². The molecular formula is C24H24N2O3. The minimum absolute atomic E-state index is 0.00163. The van der Waals surface area contributed by atoms with E-state index in [2.05, 4.69) is 17.1 Å². The first kappa shape index (κ1) is 19.2. The molecule has 1 saturated heterocycles. The summed E-state index contributed by atoms with van der Waals surface area (Å²) in [6.07, 6.45) is 5.00. The van der Waals surface area contributed by atoms with E-state index in [-0.39, 0.29) is 17.8 Å². The highest BCUT2D eigenvalue weighted by molar-refractivity contribution is 5.97. The van der Waals surface area contributed by atoms with Crippen molar-refractivity contribution in [2.45, 2.75) is 25.6 Å². The fraction of sp³-hybridized carbons (Fsp3) is 0.250. The van der Waals surface area contributed by atoms with E-state index >= 15 is 0 Å². The maximum Gasteiger partial charge on any atom is 0.257 e. The van der Waals surface area contributed by atoms with Crippen LogP contribution in [-0.2, 0) is 17.8 Å². The van der Waals surface area contributed by atoms with Gasteiger partial charge in [-0.2, -0.15) is 0 Å². The van der Waals surface area contributed by atoms with Gasteiger partial charge in [-0.15, -0.1) is 0 Å². The normalized spacial score (nSPS) is 16.1. The lowest BCUT2D eigenvalue weighted by Gasteiger charge is -2.18. The molecule has 1 unspecified atom stereocenters. The summed E-state index contributed by atoms with van der Waals surface area (Å²) in [5.41, 5.74) is 3.59. The van der Waals surface area contributed by atoms with Crippen molar-refractivity contribution in [3.05, 3.63) is 95.3 Å². The molecule has 1 aliphatic heterocycles. The molecule has 1 aromatic heterocycles. The molecule has 1 aliphatic rings. The first-order valence-electron chi connectivity index (χ1n) is 9.84. The number of hydrogen-bond acceptors (Lipinski definition) is 4. The zero-order valence-corrected chi connectivity index (χ0v) is 16.2. The monoisotopic (exact) mass is 388 g/mol. The summed E-state index contributed by atoms with van der Waals surface area (Å²) in [5.74, 6) is -0.125. The molecule has 5 heteroatoms. The molecule has 0 spiro atoms. The summed E-state index contributed by atoms with van der Waals surface area (Å²) >= 11 is 0. The second-order valence-electron chi connectivity index (χ2n) is 7.34. The third-order valence-corrected chi connectivity index (χ3v) is 5.21. The zero-order valence-electron chi connectivity index (χ0n) is 16.2. The lowest BCUT2D eigenvalue weighted by atomic mass is 10.0. The third-order valence-electron chi connectivity index (χ3n) is 5.21. The molecule has 0 saturated carbocycles. The van der Waals surface area contributed by atoms with Gasteiger partial charge in [0.15, 0.2) is 0 Å². The number of carbonyl (C=O) groups excluding carboxylic acids is 1. The van der Waals surface area contributed by atoms with E-state index in [1.165, 1.54) is 5.56 Å². The number of carbonyl (C=O) groups is 1. The van der Waals surface area contributed by atoms with Gasteiger partial charge in [0.05, 0.1) is 18.3 Å². The predicted molar refractivity (Wildman–Crippen MR) is 111 cm³/mol. The molecule has 1 amide bonds. The number of aromatic hydroxyl groups is 1. The Labute approximate surface area is 170 Å². The van der Waals surface area contributed by atoms with Crippen LogP contribution in [0.1, 0.15) is 33.5 Å². The maximum absolute atomic E-state index is 13.0. The summed E-state index contributed by atoms with van der Waals surface area (Å²) in [4.78, 5) is 18.8. The van der Waals surface area contributed by atoms with Gasteiger partial charge < -0.3 is 14.7 Å². The molecule has 3 aromatic rings. The number of nitrogens with zero attached hydrogens (tertiary/aromatic N) is 2. The third kappa shape index (κ3) is 4.81. The molecule has 0 radical (unpaired) electrons. The van der Waals surface area contributed by atoms with Crippen molar-refractivity contribution >= 4 is 5.91 Å². The Morgan fingerprint density at radius 1 is 1.03 bits per heavy atom. The highest BCUT2D eigenvalue weighted by atomic mass is 16.5. The van der Waals surface area contributed by atoms with Crippen LogP contribution in [0.4, 0.5) is 0 Å². The molecule has 2 aromatic carbocycles. The number of rotatable bonds is 6. The van der Waals surface area contributed by atoms with Crippen LogP contribution in [0.25, 0.3) is 0 Å². The largest absolute Gasteiger partial charge is 0.507 e. The van der Waals surface area contributed by atoms with Gasteiger partial charge >= 0.3 is 0 Å². The fourth-order valence-electron chi connectivity index (χ4n) is 3.61. The topological polar surface area (TPSA) is 62.7 Å². The van der Waals surface area contributed by atoms with Crippen LogP contribution < -0.4 is 0 Å². The van der Waals surface area contributed by atoms with E-state index < -0.39 is 0 Å². The first-order chi connectivity index (χ1) is 14.2. The summed E-state index contributed by atoms with van der Waals surface area (Å²) in [5, 5.41) is 10.3. The van der Waals surface area contributed by atoms with E-state index in [4.69, 9.17) is 4.74 Å². The number of ether oxygens (including phenoxy) is 1. The molecule has 0 aliphatic carbocycles. The standard InChI is InChI=1S/C24H24N2O3/c27-23-7-6-20(14-18-4-2-1-3-5-18)15-22(23)24(28)26-13-10-21(16-26)29-17-19-8-11-25-12-9-19/h1-9,11-12,15,21,27H,10,13-14,16-17H2. The van der Waals surface area contributed by atoms with Crippen molar-refractivity contribution in [3.63, 3.8) is 0 Å². The molecule has 1 N–H and O–H groups in total. The molecule has 29 heavy (non-hydrogen) atoms. The van der Waals surface area contributed by atoms with Gasteiger partial charge in [0, 0.05) is 25.5 Å². The Morgan fingerprint density at radius 3 is 2.62 bits per heavy atom. The number of hydrogen-bond donors (Lipinski definition) is 1. The van der Waals surface area contributed by atoms with Crippen molar-refractivity contribution in [1.82, 2.24) is 9.88 Å². The summed E-state index contributed by atoms with van der Waals surface area (Å²) < 4.78 is 5.95. The van der Waals surface area contributed by atoms with Gasteiger partial charge in [-0.25, -0.2) is 0 Å².